The minimum atomic E-state index is -0.474. The Labute approximate surface area is 144 Å². The van der Waals surface area contributed by atoms with E-state index >= 15 is 0 Å². The number of aromatic amines is 1. The lowest BCUT2D eigenvalue weighted by Gasteiger charge is -2.15. The van der Waals surface area contributed by atoms with Crippen molar-refractivity contribution >= 4 is 17.5 Å². The monoisotopic (exact) mass is 336 g/mol. The molecule has 0 amide bonds. The van der Waals surface area contributed by atoms with Gasteiger partial charge in [-0.2, -0.15) is 0 Å². The van der Waals surface area contributed by atoms with Gasteiger partial charge in [0.1, 0.15) is 5.25 Å². The number of hydrogen-bond donors (Lipinski definition) is 1. The van der Waals surface area contributed by atoms with Crippen molar-refractivity contribution in [1.29, 1.82) is 0 Å². The maximum absolute atomic E-state index is 13.0. The van der Waals surface area contributed by atoms with Gasteiger partial charge < -0.3 is 4.98 Å². The molecule has 0 aliphatic carbocycles. The molecule has 4 nitrogen and oxygen atoms in total. The zero-order chi connectivity index (χ0) is 16.9. The number of aryl methyl sites for hydroxylation is 1. The van der Waals surface area contributed by atoms with Crippen LogP contribution in [0.1, 0.15) is 26.9 Å². The summed E-state index contributed by atoms with van der Waals surface area (Å²) in [6, 6.07) is 20.1. The van der Waals surface area contributed by atoms with Crippen LogP contribution in [-0.2, 0) is 0 Å². The molecule has 2 aromatic carbocycles. The largest absolute Gasteiger partial charge is 0.301 e. The molecule has 1 aromatic heterocycles. The normalized spacial score (nSPS) is 11.9. The highest BCUT2D eigenvalue weighted by molar-refractivity contribution is 8.00. The van der Waals surface area contributed by atoms with Crippen LogP contribution in [0, 0.1) is 6.92 Å². The van der Waals surface area contributed by atoms with Gasteiger partial charge in [-0.3, -0.25) is 9.59 Å². The van der Waals surface area contributed by atoms with Gasteiger partial charge in [-0.05, 0) is 12.5 Å². The van der Waals surface area contributed by atoms with E-state index in [2.05, 4.69) is 9.97 Å². The molecular formula is C19H16N2O2S. The molecule has 1 N–H and O–H groups in total. The molecule has 0 radical (unpaired) electrons. The number of ketones is 1. The summed E-state index contributed by atoms with van der Waals surface area (Å²) in [5.41, 5.74) is 1.92. The zero-order valence-corrected chi connectivity index (χ0v) is 13.9. The summed E-state index contributed by atoms with van der Waals surface area (Å²) in [5.74, 6) is -0.0176. The molecule has 0 fully saturated rings. The van der Waals surface area contributed by atoms with Crippen LogP contribution in [0.25, 0.3) is 0 Å². The van der Waals surface area contributed by atoms with Crippen LogP contribution in [-0.4, -0.2) is 15.8 Å². The predicted molar refractivity (Wildman–Crippen MR) is 95.4 cm³/mol. The van der Waals surface area contributed by atoms with E-state index < -0.39 is 5.25 Å². The lowest BCUT2D eigenvalue weighted by Crippen LogP contribution is -2.13. The molecule has 0 spiro atoms. The smallest absolute Gasteiger partial charge is 0.251 e. The molecule has 0 aliphatic heterocycles. The Balaban J connectivity index is 1.99. The Morgan fingerprint density at radius 3 is 2.29 bits per heavy atom. The fraction of sp³-hybridized carbons (Fsp3) is 0.105. The summed E-state index contributed by atoms with van der Waals surface area (Å²) in [5, 5.41) is -0.0308. The Kier molecular flexibility index (Phi) is 4.91. The maximum Gasteiger partial charge on any atom is 0.251 e. The number of carbonyl (C=O) groups is 1. The summed E-state index contributed by atoms with van der Waals surface area (Å²) in [4.78, 5) is 31.7. The third-order valence-electron chi connectivity index (χ3n) is 3.48. The predicted octanol–water partition coefficient (Wildman–Crippen LogP) is 3.79. The minimum Gasteiger partial charge on any atom is -0.301 e. The van der Waals surface area contributed by atoms with Gasteiger partial charge in [0, 0.05) is 17.3 Å². The second-order valence-corrected chi connectivity index (χ2v) is 6.42. The Morgan fingerprint density at radius 1 is 1.04 bits per heavy atom. The van der Waals surface area contributed by atoms with Gasteiger partial charge in [-0.25, -0.2) is 4.98 Å². The molecule has 0 unspecified atom stereocenters. The van der Waals surface area contributed by atoms with E-state index in [1.54, 1.807) is 19.1 Å². The van der Waals surface area contributed by atoms with Crippen LogP contribution >= 0.6 is 11.8 Å². The second-order valence-electron chi connectivity index (χ2n) is 5.33. The molecule has 0 saturated carbocycles. The molecule has 1 heterocycles. The molecule has 0 bridgehead atoms. The molecule has 0 aliphatic rings. The number of Topliss-reactive ketones (excluding diaryl/α,β-unsaturated/α-hetero) is 1. The Morgan fingerprint density at radius 2 is 1.67 bits per heavy atom. The average molecular weight is 336 g/mol. The van der Waals surface area contributed by atoms with Crippen LogP contribution in [0.5, 0.6) is 0 Å². The van der Waals surface area contributed by atoms with E-state index in [0.29, 0.717) is 16.4 Å². The molecule has 1 atom stereocenters. The van der Waals surface area contributed by atoms with Gasteiger partial charge in [0.25, 0.3) is 5.56 Å². The molecular weight excluding hydrogens is 320 g/mol. The molecule has 120 valence electrons. The van der Waals surface area contributed by atoms with E-state index in [0.717, 1.165) is 5.56 Å². The summed E-state index contributed by atoms with van der Waals surface area (Å²) in [7, 11) is 0. The molecule has 3 aromatic rings. The molecule has 24 heavy (non-hydrogen) atoms. The summed E-state index contributed by atoms with van der Waals surface area (Å²) >= 11 is 1.26. The first-order chi connectivity index (χ1) is 11.6. The van der Waals surface area contributed by atoms with Crippen molar-refractivity contribution in [2.24, 2.45) is 0 Å². The van der Waals surface area contributed by atoms with E-state index in [4.69, 9.17) is 0 Å². The van der Waals surface area contributed by atoms with E-state index in [1.807, 2.05) is 48.5 Å². The topological polar surface area (TPSA) is 62.8 Å². The highest BCUT2D eigenvalue weighted by Crippen LogP contribution is 2.35. The Hall–Kier alpha value is -2.66. The van der Waals surface area contributed by atoms with Gasteiger partial charge in [0.15, 0.2) is 10.9 Å². The van der Waals surface area contributed by atoms with Crippen LogP contribution in [0.15, 0.2) is 76.7 Å². The van der Waals surface area contributed by atoms with Crippen molar-refractivity contribution in [1.82, 2.24) is 9.97 Å². The first-order valence-corrected chi connectivity index (χ1v) is 8.40. The zero-order valence-electron chi connectivity index (χ0n) is 13.1. The number of nitrogens with zero attached hydrogens (tertiary/aromatic N) is 1. The highest BCUT2D eigenvalue weighted by atomic mass is 32.2. The third-order valence-corrected chi connectivity index (χ3v) is 4.61. The van der Waals surface area contributed by atoms with Gasteiger partial charge in [-0.1, -0.05) is 72.4 Å². The number of nitrogens with one attached hydrogen (secondary N) is 1. The quantitative estimate of drug-likeness (QED) is 0.437. The summed E-state index contributed by atoms with van der Waals surface area (Å²) < 4.78 is 0. The lowest BCUT2D eigenvalue weighted by molar-refractivity contribution is 0.0989. The molecule has 0 saturated heterocycles. The number of carbonyl (C=O) groups excluding carboxylic acids is 1. The third kappa shape index (κ3) is 3.81. The van der Waals surface area contributed by atoms with Gasteiger partial charge in [-0.15, -0.1) is 0 Å². The second kappa shape index (κ2) is 7.27. The minimum absolute atomic E-state index is 0.0176. The van der Waals surface area contributed by atoms with Crippen molar-refractivity contribution in [3.63, 3.8) is 0 Å². The average Bonchev–Trinajstić information content (AvgIpc) is 2.60. The number of hydrogen-bond acceptors (Lipinski definition) is 4. The van der Waals surface area contributed by atoms with Crippen molar-refractivity contribution < 1.29 is 4.79 Å². The van der Waals surface area contributed by atoms with Gasteiger partial charge >= 0.3 is 0 Å². The lowest BCUT2D eigenvalue weighted by atomic mass is 10.0. The maximum atomic E-state index is 13.0. The number of H-pyrrole nitrogens is 1. The van der Waals surface area contributed by atoms with Gasteiger partial charge in [0.05, 0.1) is 0 Å². The fourth-order valence-electron chi connectivity index (χ4n) is 2.37. The Bertz CT molecular complexity index is 892. The fourth-order valence-corrected chi connectivity index (χ4v) is 3.49. The van der Waals surface area contributed by atoms with E-state index in [-0.39, 0.29) is 11.3 Å². The van der Waals surface area contributed by atoms with Crippen molar-refractivity contribution in [2.75, 3.05) is 0 Å². The first-order valence-electron chi connectivity index (χ1n) is 7.52. The standard InChI is InChI=1S/C19H16N2O2S/c1-13-12-16(22)21-19(20-13)24-18(15-10-6-3-7-11-15)17(23)14-8-4-2-5-9-14/h2-12,18H,1H3,(H,20,21,22)/t18-/m1/s1. The summed E-state index contributed by atoms with van der Waals surface area (Å²) in [6.45, 7) is 1.76. The van der Waals surface area contributed by atoms with Crippen molar-refractivity contribution in [3.8, 4) is 0 Å². The number of benzene rings is 2. The van der Waals surface area contributed by atoms with Gasteiger partial charge in [0.2, 0.25) is 0 Å². The molecule has 5 heteroatoms. The van der Waals surface area contributed by atoms with Crippen molar-refractivity contribution in [2.45, 2.75) is 17.3 Å². The summed E-state index contributed by atoms with van der Waals surface area (Å²) in [6.07, 6.45) is 0. The number of rotatable bonds is 5. The van der Waals surface area contributed by atoms with E-state index in [9.17, 15) is 9.59 Å². The number of thioether (sulfide) groups is 1. The van der Waals surface area contributed by atoms with Crippen LogP contribution < -0.4 is 5.56 Å². The van der Waals surface area contributed by atoms with Crippen LogP contribution in [0.2, 0.25) is 0 Å². The molecule has 3 rings (SSSR count). The van der Waals surface area contributed by atoms with Crippen molar-refractivity contribution in [3.05, 3.63) is 93.9 Å². The SMILES string of the molecule is Cc1cc(=O)[nH]c(S[C@@H](C(=O)c2ccccc2)c2ccccc2)n1. The number of aromatic nitrogens is 2. The highest BCUT2D eigenvalue weighted by Gasteiger charge is 2.24. The van der Waals surface area contributed by atoms with Crippen LogP contribution in [0.4, 0.5) is 0 Å². The van der Waals surface area contributed by atoms with E-state index in [1.165, 1.54) is 17.8 Å². The first kappa shape index (κ1) is 16.2. The van der Waals surface area contributed by atoms with Crippen LogP contribution in [0.3, 0.4) is 0 Å².